The summed E-state index contributed by atoms with van der Waals surface area (Å²) < 4.78 is 14.8. The van der Waals surface area contributed by atoms with Crippen LogP contribution in [-0.2, 0) is 14.2 Å². The van der Waals surface area contributed by atoms with Crippen LogP contribution in [0.25, 0.3) is 0 Å². The number of carbonyl (C=O) groups is 1. The molecule has 106 valence electrons. The van der Waals surface area contributed by atoms with E-state index in [2.05, 4.69) is 20.0 Å². The van der Waals surface area contributed by atoms with Crippen molar-refractivity contribution >= 4 is 11.8 Å². The fraction of sp³-hybridized carbons (Fsp3) is 0.583. The van der Waals surface area contributed by atoms with Gasteiger partial charge in [0.2, 0.25) is 5.82 Å². The molecule has 1 rings (SSSR count). The molecule has 0 saturated carbocycles. The first-order chi connectivity index (χ1) is 9.10. The molecule has 7 heteroatoms. The number of hydrogen-bond donors (Lipinski definition) is 1. The molecule has 0 spiro atoms. The van der Waals surface area contributed by atoms with Gasteiger partial charge in [-0.2, -0.15) is 0 Å². The van der Waals surface area contributed by atoms with Crippen LogP contribution in [0.2, 0.25) is 0 Å². The Morgan fingerprint density at radius 2 is 2.11 bits per heavy atom. The second-order valence-electron chi connectivity index (χ2n) is 3.90. The molecule has 0 aliphatic carbocycles. The number of hydrogen-bond acceptors (Lipinski definition) is 7. The van der Waals surface area contributed by atoms with Gasteiger partial charge in [-0.25, -0.2) is 14.8 Å². The number of anilines is 1. The molecular weight excluding hydrogens is 250 g/mol. The van der Waals surface area contributed by atoms with E-state index < -0.39 is 5.97 Å². The molecule has 1 unspecified atom stereocenters. The fourth-order valence-corrected chi connectivity index (χ4v) is 1.46. The highest BCUT2D eigenvalue weighted by molar-refractivity contribution is 5.85. The van der Waals surface area contributed by atoms with Crippen molar-refractivity contribution in [3.63, 3.8) is 0 Å². The zero-order valence-electron chi connectivity index (χ0n) is 11.6. The molecule has 0 fully saturated rings. The van der Waals surface area contributed by atoms with Crippen LogP contribution < -0.4 is 5.32 Å². The van der Waals surface area contributed by atoms with E-state index in [-0.39, 0.29) is 11.9 Å². The van der Waals surface area contributed by atoms with Gasteiger partial charge in [0.15, 0.2) is 0 Å². The van der Waals surface area contributed by atoms with Gasteiger partial charge in [-0.05, 0) is 6.92 Å². The van der Waals surface area contributed by atoms with E-state index >= 15 is 0 Å². The Morgan fingerprint density at radius 1 is 1.37 bits per heavy atom. The van der Waals surface area contributed by atoms with Crippen molar-refractivity contribution in [1.82, 2.24) is 9.97 Å². The van der Waals surface area contributed by atoms with E-state index in [9.17, 15) is 4.79 Å². The summed E-state index contributed by atoms with van der Waals surface area (Å²) in [5.74, 6) is 0.0173. The first kappa shape index (κ1) is 15.3. The van der Waals surface area contributed by atoms with Crippen molar-refractivity contribution < 1.29 is 19.0 Å². The molecule has 1 N–H and O–H groups in total. The van der Waals surface area contributed by atoms with Crippen LogP contribution in [0.5, 0.6) is 0 Å². The number of methoxy groups -OCH3 is 3. The van der Waals surface area contributed by atoms with Crippen molar-refractivity contribution in [2.45, 2.75) is 13.0 Å². The maximum Gasteiger partial charge on any atom is 0.376 e. The van der Waals surface area contributed by atoms with Crippen molar-refractivity contribution in [1.29, 1.82) is 0 Å². The smallest absolute Gasteiger partial charge is 0.376 e. The van der Waals surface area contributed by atoms with Crippen LogP contribution in [0.4, 0.5) is 5.82 Å². The van der Waals surface area contributed by atoms with Crippen LogP contribution in [-0.4, -0.2) is 56.5 Å². The number of carbonyl (C=O) groups excluding carboxylic acids is 1. The highest BCUT2D eigenvalue weighted by atomic mass is 16.5. The summed E-state index contributed by atoms with van der Waals surface area (Å²) in [5, 5.41) is 3.08. The van der Waals surface area contributed by atoms with Gasteiger partial charge in [-0.15, -0.1) is 0 Å². The van der Waals surface area contributed by atoms with Gasteiger partial charge in [0.25, 0.3) is 0 Å². The number of ether oxygens (including phenoxy) is 3. The molecule has 0 radical (unpaired) electrons. The second-order valence-corrected chi connectivity index (χ2v) is 3.90. The Kier molecular flexibility index (Phi) is 6.17. The molecule has 0 bridgehead atoms. The third-order valence-electron chi connectivity index (χ3n) is 2.42. The molecule has 0 aromatic carbocycles. The Balaban J connectivity index is 2.72. The van der Waals surface area contributed by atoms with Crippen LogP contribution in [0.15, 0.2) is 6.07 Å². The van der Waals surface area contributed by atoms with Crippen LogP contribution in [0, 0.1) is 6.92 Å². The van der Waals surface area contributed by atoms with Crippen LogP contribution in [0.1, 0.15) is 16.3 Å². The minimum atomic E-state index is -0.563. The fourth-order valence-electron chi connectivity index (χ4n) is 1.46. The summed E-state index contributed by atoms with van der Waals surface area (Å²) >= 11 is 0. The zero-order chi connectivity index (χ0) is 14.3. The molecular formula is C12H19N3O4. The normalized spacial score (nSPS) is 12.0. The van der Waals surface area contributed by atoms with Gasteiger partial charge < -0.3 is 19.5 Å². The van der Waals surface area contributed by atoms with E-state index in [0.29, 0.717) is 24.7 Å². The van der Waals surface area contributed by atoms with Gasteiger partial charge in [-0.3, -0.25) is 0 Å². The minimum Gasteiger partial charge on any atom is -0.463 e. The SMILES string of the molecule is COCC(CNc1cc(C)nc(C(=O)OC)n1)OC. The maximum atomic E-state index is 11.4. The lowest BCUT2D eigenvalue weighted by atomic mass is 10.3. The summed E-state index contributed by atoms with van der Waals surface area (Å²) in [7, 11) is 4.51. The van der Waals surface area contributed by atoms with E-state index in [1.165, 1.54) is 7.11 Å². The molecule has 0 aliphatic rings. The minimum absolute atomic E-state index is 0.0331. The van der Waals surface area contributed by atoms with Crippen molar-refractivity contribution in [3.8, 4) is 0 Å². The average Bonchev–Trinajstić information content (AvgIpc) is 2.41. The first-order valence-corrected chi connectivity index (χ1v) is 5.80. The van der Waals surface area contributed by atoms with E-state index in [1.54, 1.807) is 27.2 Å². The highest BCUT2D eigenvalue weighted by Gasteiger charge is 2.12. The molecule has 7 nitrogen and oxygen atoms in total. The van der Waals surface area contributed by atoms with Gasteiger partial charge in [-0.1, -0.05) is 0 Å². The maximum absolute atomic E-state index is 11.4. The monoisotopic (exact) mass is 269 g/mol. The molecule has 1 heterocycles. The van der Waals surface area contributed by atoms with Crippen molar-refractivity contribution in [2.24, 2.45) is 0 Å². The quantitative estimate of drug-likeness (QED) is 0.727. The predicted octanol–water partition coefficient (Wildman–Crippen LogP) is 0.645. The standard InChI is InChI=1S/C12H19N3O4/c1-8-5-10(13-6-9(18-3)7-17-2)15-11(14-8)12(16)19-4/h5,9H,6-7H2,1-4H3,(H,13,14,15). The number of nitrogens with zero attached hydrogens (tertiary/aromatic N) is 2. The lowest BCUT2D eigenvalue weighted by Crippen LogP contribution is -2.27. The molecule has 0 amide bonds. The van der Waals surface area contributed by atoms with E-state index in [4.69, 9.17) is 9.47 Å². The summed E-state index contributed by atoms with van der Waals surface area (Å²) in [4.78, 5) is 19.5. The van der Waals surface area contributed by atoms with Crippen LogP contribution in [0.3, 0.4) is 0 Å². The lowest BCUT2D eigenvalue weighted by Gasteiger charge is -2.15. The number of aromatic nitrogens is 2. The summed E-state index contributed by atoms with van der Waals surface area (Å²) in [6.07, 6.45) is -0.0955. The third-order valence-corrected chi connectivity index (χ3v) is 2.42. The van der Waals surface area contributed by atoms with Gasteiger partial charge in [0, 0.05) is 32.5 Å². The van der Waals surface area contributed by atoms with Gasteiger partial charge in [0.05, 0.1) is 19.8 Å². The molecule has 19 heavy (non-hydrogen) atoms. The lowest BCUT2D eigenvalue weighted by molar-refractivity contribution is 0.0365. The summed E-state index contributed by atoms with van der Waals surface area (Å²) in [5.41, 5.74) is 0.679. The molecule has 1 aromatic rings. The highest BCUT2D eigenvalue weighted by Crippen LogP contribution is 2.07. The predicted molar refractivity (Wildman–Crippen MR) is 69.3 cm³/mol. The number of aryl methyl sites for hydroxylation is 1. The van der Waals surface area contributed by atoms with E-state index in [1.807, 2.05) is 0 Å². The number of rotatable bonds is 7. The van der Waals surface area contributed by atoms with Crippen molar-refractivity contribution in [2.75, 3.05) is 39.8 Å². The van der Waals surface area contributed by atoms with E-state index in [0.717, 1.165) is 0 Å². The largest absolute Gasteiger partial charge is 0.463 e. The van der Waals surface area contributed by atoms with Crippen LogP contribution >= 0.6 is 0 Å². The van der Waals surface area contributed by atoms with Gasteiger partial charge >= 0.3 is 5.97 Å². The average molecular weight is 269 g/mol. The molecule has 1 aromatic heterocycles. The Morgan fingerprint density at radius 3 is 2.68 bits per heavy atom. The van der Waals surface area contributed by atoms with Gasteiger partial charge in [0.1, 0.15) is 5.82 Å². The number of nitrogens with one attached hydrogen (secondary N) is 1. The molecule has 0 saturated heterocycles. The summed E-state index contributed by atoms with van der Waals surface area (Å²) in [6.45, 7) is 2.76. The molecule has 0 aliphatic heterocycles. The van der Waals surface area contributed by atoms with Crippen molar-refractivity contribution in [3.05, 3.63) is 17.6 Å². The zero-order valence-corrected chi connectivity index (χ0v) is 11.6. The second kappa shape index (κ2) is 7.65. The number of esters is 1. The topological polar surface area (TPSA) is 82.6 Å². The first-order valence-electron chi connectivity index (χ1n) is 5.80. The molecule has 1 atom stereocenters. The summed E-state index contributed by atoms with van der Waals surface area (Å²) in [6, 6.07) is 1.74. The Labute approximate surface area is 112 Å². The Bertz CT molecular complexity index is 425. The third kappa shape index (κ3) is 4.80. The Hall–Kier alpha value is -1.73.